The van der Waals surface area contributed by atoms with Crippen LogP contribution in [0.4, 0.5) is 0 Å². The van der Waals surface area contributed by atoms with Crippen molar-refractivity contribution in [3.63, 3.8) is 0 Å². The van der Waals surface area contributed by atoms with E-state index in [-0.39, 0.29) is 0 Å². The van der Waals surface area contributed by atoms with Crippen LogP contribution < -0.4 is 5.32 Å². The molecule has 2 unspecified atom stereocenters. The van der Waals surface area contributed by atoms with E-state index in [1.54, 1.807) is 0 Å². The average molecular weight is 198 g/mol. The molecular weight excluding hydrogens is 172 g/mol. The van der Waals surface area contributed by atoms with Crippen molar-refractivity contribution in [2.75, 3.05) is 19.6 Å². The molecule has 1 aliphatic heterocycles. The lowest BCUT2D eigenvalue weighted by molar-refractivity contribution is 0.137. The molecule has 0 aromatic rings. The molecule has 0 bridgehead atoms. The molecule has 1 saturated heterocycles. The Balaban J connectivity index is 2.25. The van der Waals surface area contributed by atoms with Gasteiger partial charge < -0.3 is 5.32 Å². The van der Waals surface area contributed by atoms with Gasteiger partial charge in [0.2, 0.25) is 0 Å². The second kappa shape index (κ2) is 6.41. The zero-order chi connectivity index (χ0) is 10.4. The molecule has 0 aromatic heterocycles. The molecule has 0 amide bonds. The topological polar surface area (TPSA) is 15.3 Å². The molecule has 2 heteroatoms. The minimum absolute atomic E-state index is 0.729. The van der Waals surface area contributed by atoms with Crippen LogP contribution in [0.25, 0.3) is 0 Å². The summed E-state index contributed by atoms with van der Waals surface area (Å²) in [5.74, 6) is 0. The van der Waals surface area contributed by atoms with Crippen LogP contribution in [0, 0.1) is 0 Å². The first-order chi connectivity index (χ1) is 6.77. The van der Waals surface area contributed by atoms with Crippen molar-refractivity contribution >= 4 is 0 Å². The van der Waals surface area contributed by atoms with E-state index in [2.05, 4.69) is 31.0 Å². The van der Waals surface area contributed by atoms with Crippen LogP contribution in [0.5, 0.6) is 0 Å². The SMILES string of the molecule is CCCCCN1CC(CC)NCC1C. The van der Waals surface area contributed by atoms with E-state index in [0.29, 0.717) is 0 Å². The number of hydrogen-bond donors (Lipinski definition) is 1. The van der Waals surface area contributed by atoms with Gasteiger partial charge in [-0.1, -0.05) is 26.7 Å². The lowest BCUT2D eigenvalue weighted by Gasteiger charge is -2.38. The maximum Gasteiger partial charge on any atom is 0.0193 e. The van der Waals surface area contributed by atoms with E-state index < -0.39 is 0 Å². The molecule has 0 saturated carbocycles. The average Bonchev–Trinajstić information content (AvgIpc) is 2.21. The molecule has 14 heavy (non-hydrogen) atoms. The molecule has 2 nitrogen and oxygen atoms in total. The van der Waals surface area contributed by atoms with Crippen molar-refractivity contribution in [3.05, 3.63) is 0 Å². The molecule has 84 valence electrons. The Morgan fingerprint density at radius 2 is 2.07 bits per heavy atom. The van der Waals surface area contributed by atoms with Gasteiger partial charge in [0.05, 0.1) is 0 Å². The third-order valence-corrected chi connectivity index (χ3v) is 3.32. The lowest BCUT2D eigenvalue weighted by atomic mass is 10.1. The van der Waals surface area contributed by atoms with Gasteiger partial charge in [0.25, 0.3) is 0 Å². The smallest absolute Gasteiger partial charge is 0.0193 e. The molecule has 1 N–H and O–H groups in total. The molecule has 0 aliphatic carbocycles. The summed E-state index contributed by atoms with van der Waals surface area (Å²) >= 11 is 0. The Morgan fingerprint density at radius 1 is 1.29 bits per heavy atom. The number of rotatable bonds is 5. The van der Waals surface area contributed by atoms with Crippen LogP contribution in [0.1, 0.15) is 46.5 Å². The number of hydrogen-bond acceptors (Lipinski definition) is 2. The van der Waals surface area contributed by atoms with Crippen molar-refractivity contribution in [1.29, 1.82) is 0 Å². The second-order valence-electron chi connectivity index (χ2n) is 4.56. The van der Waals surface area contributed by atoms with Gasteiger partial charge in [0.15, 0.2) is 0 Å². The predicted molar refractivity (Wildman–Crippen MR) is 62.6 cm³/mol. The molecule has 1 heterocycles. The Labute approximate surface area is 89.1 Å². The summed E-state index contributed by atoms with van der Waals surface area (Å²) in [5, 5.41) is 3.60. The van der Waals surface area contributed by atoms with Crippen LogP contribution in [0.3, 0.4) is 0 Å². The molecule has 1 rings (SSSR count). The number of unbranched alkanes of at least 4 members (excludes halogenated alkanes) is 2. The van der Waals surface area contributed by atoms with Gasteiger partial charge in [-0.05, 0) is 26.3 Å². The van der Waals surface area contributed by atoms with Crippen molar-refractivity contribution in [1.82, 2.24) is 10.2 Å². The summed E-state index contributed by atoms with van der Waals surface area (Å²) in [6, 6.07) is 1.46. The van der Waals surface area contributed by atoms with E-state index in [4.69, 9.17) is 0 Å². The Morgan fingerprint density at radius 3 is 2.71 bits per heavy atom. The maximum atomic E-state index is 3.60. The monoisotopic (exact) mass is 198 g/mol. The minimum Gasteiger partial charge on any atom is -0.311 e. The first-order valence-electron chi connectivity index (χ1n) is 6.25. The Bertz CT molecular complexity index is 147. The molecule has 0 spiro atoms. The molecule has 1 aliphatic rings. The van der Waals surface area contributed by atoms with Gasteiger partial charge in [-0.25, -0.2) is 0 Å². The van der Waals surface area contributed by atoms with E-state index in [1.165, 1.54) is 45.3 Å². The highest BCUT2D eigenvalue weighted by Gasteiger charge is 2.22. The zero-order valence-electron chi connectivity index (χ0n) is 10.1. The number of piperazine rings is 1. The highest BCUT2D eigenvalue weighted by Crippen LogP contribution is 2.10. The van der Waals surface area contributed by atoms with E-state index >= 15 is 0 Å². The second-order valence-corrected chi connectivity index (χ2v) is 4.56. The van der Waals surface area contributed by atoms with Crippen LogP contribution in [-0.2, 0) is 0 Å². The molecule has 0 radical (unpaired) electrons. The summed E-state index contributed by atoms with van der Waals surface area (Å²) in [6.07, 6.45) is 5.35. The highest BCUT2D eigenvalue weighted by atomic mass is 15.2. The third-order valence-electron chi connectivity index (χ3n) is 3.32. The van der Waals surface area contributed by atoms with Gasteiger partial charge in [0.1, 0.15) is 0 Å². The Kier molecular flexibility index (Phi) is 5.49. The summed E-state index contributed by atoms with van der Waals surface area (Å²) in [6.45, 7) is 10.6. The molecule has 0 aromatic carbocycles. The van der Waals surface area contributed by atoms with Crippen LogP contribution in [-0.4, -0.2) is 36.6 Å². The fourth-order valence-corrected chi connectivity index (χ4v) is 2.14. The van der Waals surface area contributed by atoms with E-state index in [0.717, 1.165) is 12.1 Å². The summed E-state index contributed by atoms with van der Waals surface area (Å²) in [7, 11) is 0. The summed E-state index contributed by atoms with van der Waals surface area (Å²) < 4.78 is 0. The van der Waals surface area contributed by atoms with E-state index in [9.17, 15) is 0 Å². The van der Waals surface area contributed by atoms with Gasteiger partial charge in [-0.3, -0.25) is 4.90 Å². The van der Waals surface area contributed by atoms with Crippen LogP contribution in [0.15, 0.2) is 0 Å². The minimum atomic E-state index is 0.729. The van der Waals surface area contributed by atoms with Crippen molar-refractivity contribution in [2.45, 2.75) is 58.5 Å². The van der Waals surface area contributed by atoms with Gasteiger partial charge in [0, 0.05) is 25.2 Å². The van der Waals surface area contributed by atoms with Gasteiger partial charge in [-0.2, -0.15) is 0 Å². The quantitative estimate of drug-likeness (QED) is 0.682. The molecular formula is C12H26N2. The third kappa shape index (κ3) is 3.58. The first kappa shape index (κ1) is 12.0. The summed E-state index contributed by atoms with van der Waals surface area (Å²) in [4.78, 5) is 2.65. The van der Waals surface area contributed by atoms with Crippen molar-refractivity contribution in [3.8, 4) is 0 Å². The van der Waals surface area contributed by atoms with Crippen LogP contribution in [0.2, 0.25) is 0 Å². The fraction of sp³-hybridized carbons (Fsp3) is 1.00. The fourth-order valence-electron chi connectivity index (χ4n) is 2.14. The normalized spacial score (nSPS) is 29.4. The highest BCUT2D eigenvalue weighted by molar-refractivity contribution is 4.82. The first-order valence-corrected chi connectivity index (χ1v) is 6.25. The Hall–Kier alpha value is -0.0800. The predicted octanol–water partition coefficient (Wildman–Crippen LogP) is 2.25. The standard InChI is InChI=1S/C12H26N2/c1-4-6-7-8-14-10-12(5-2)13-9-11(14)3/h11-13H,4-10H2,1-3H3. The van der Waals surface area contributed by atoms with Crippen LogP contribution >= 0.6 is 0 Å². The van der Waals surface area contributed by atoms with E-state index in [1.807, 2.05) is 0 Å². The lowest BCUT2D eigenvalue weighted by Crippen LogP contribution is -2.55. The number of nitrogens with zero attached hydrogens (tertiary/aromatic N) is 1. The van der Waals surface area contributed by atoms with Crippen molar-refractivity contribution < 1.29 is 0 Å². The maximum absolute atomic E-state index is 3.60. The summed E-state index contributed by atoms with van der Waals surface area (Å²) in [5.41, 5.74) is 0. The number of nitrogens with one attached hydrogen (secondary N) is 1. The molecule has 2 atom stereocenters. The zero-order valence-corrected chi connectivity index (χ0v) is 10.1. The largest absolute Gasteiger partial charge is 0.311 e. The molecule has 1 fully saturated rings. The van der Waals surface area contributed by atoms with Gasteiger partial charge >= 0.3 is 0 Å². The van der Waals surface area contributed by atoms with Crippen molar-refractivity contribution in [2.24, 2.45) is 0 Å². The van der Waals surface area contributed by atoms with Gasteiger partial charge in [-0.15, -0.1) is 0 Å².